The van der Waals surface area contributed by atoms with Crippen LogP contribution in [0, 0.1) is 12.7 Å². The third kappa shape index (κ3) is 1.80. The number of phenolic OH excluding ortho intramolecular Hbond substituents is 1. The second-order valence-electron chi connectivity index (χ2n) is 3.65. The van der Waals surface area contributed by atoms with Gasteiger partial charge in [-0.2, -0.15) is 0 Å². The van der Waals surface area contributed by atoms with Crippen LogP contribution in [0.5, 0.6) is 5.75 Å². The van der Waals surface area contributed by atoms with Gasteiger partial charge in [-0.15, -0.1) is 0 Å². The lowest BCUT2D eigenvalue weighted by Gasteiger charge is -2.20. The molecule has 0 spiro atoms. The average molecular weight is 184 g/mol. The van der Waals surface area contributed by atoms with Crippen LogP contribution < -0.4 is 0 Å². The quantitative estimate of drug-likeness (QED) is 0.701. The summed E-state index contributed by atoms with van der Waals surface area (Å²) < 4.78 is 13.4. The van der Waals surface area contributed by atoms with Gasteiger partial charge in [0.1, 0.15) is 11.6 Å². The summed E-state index contributed by atoms with van der Waals surface area (Å²) in [6, 6.07) is 2.85. The van der Waals surface area contributed by atoms with E-state index in [2.05, 4.69) is 0 Å². The number of halogens is 1. The summed E-state index contributed by atoms with van der Waals surface area (Å²) in [6.07, 6.45) is 0. The van der Waals surface area contributed by atoms with Gasteiger partial charge in [0, 0.05) is 0 Å². The predicted molar refractivity (Wildman–Crippen MR) is 48.0 cm³/mol. The molecule has 0 aromatic heterocycles. The van der Waals surface area contributed by atoms with E-state index < -0.39 is 11.4 Å². The van der Waals surface area contributed by atoms with Crippen LogP contribution in [0.25, 0.3) is 0 Å². The molecule has 72 valence electrons. The molecule has 1 aromatic rings. The van der Waals surface area contributed by atoms with Crippen molar-refractivity contribution in [2.75, 3.05) is 0 Å². The first-order chi connectivity index (χ1) is 5.84. The minimum atomic E-state index is -1.36. The Balaban J connectivity index is 3.43. The third-order valence-electron chi connectivity index (χ3n) is 1.92. The maximum absolute atomic E-state index is 13.4. The third-order valence-corrected chi connectivity index (χ3v) is 1.92. The molecule has 0 saturated heterocycles. The molecule has 0 unspecified atom stereocenters. The van der Waals surface area contributed by atoms with Gasteiger partial charge in [-0.3, -0.25) is 0 Å². The van der Waals surface area contributed by atoms with Gasteiger partial charge in [-0.05, 0) is 32.4 Å². The molecule has 0 aliphatic rings. The van der Waals surface area contributed by atoms with Crippen molar-refractivity contribution in [3.63, 3.8) is 0 Å². The Morgan fingerprint density at radius 1 is 1.31 bits per heavy atom. The molecular weight excluding hydrogens is 171 g/mol. The summed E-state index contributed by atoms with van der Waals surface area (Å²) in [5.41, 5.74) is -0.998. The maximum Gasteiger partial charge on any atom is 0.135 e. The van der Waals surface area contributed by atoms with Crippen LogP contribution in [-0.2, 0) is 5.60 Å². The highest BCUT2D eigenvalue weighted by Crippen LogP contribution is 2.32. The number of hydrogen-bond donors (Lipinski definition) is 2. The molecule has 0 amide bonds. The minimum absolute atomic E-state index is 0.0486. The minimum Gasteiger partial charge on any atom is -0.507 e. The van der Waals surface area contributed by atoms with Crippen LogP contribution in [0.1, 0.15) is 25.0 Å². The van der Waals surface area contributed by atoms with Crippen LogP contribution in [0.2, 0.25) is 0 Å². The highest BCUT2D eigenvalue weighted by Gasteiger charge is 2.25. The van der Waals surface area contributed by atoms with E-state index in [-0.39, 0.29) is 11.3 Å². The molecule has 3 heteroatoms. The van der Waals surface area contributed by atoms with E-state index in [0.717, 1.165) is 0 Å². The standard InChI is InChI=1S/C10H13FO2/c1-6-4-5-7(12)8(9(6)11)10(2,3)13/h4-5,12-13H,1-3H3. The highest BCUT2D eigenvalue weighted by molar-refractivity contribution is 5.40. The first-order valence-corrected chi connectivity index (χ1v) is 4.05. The monoisotopic (exact) mass is 184 g/mol. The van der Waals surface area contributed by atoms with Crippen molar-refractivity contribution in [3.8, 4) is 5.75 Å². The summed E-state index contributed by atoms with van der Waals surface area (Å²) in [5.74, 6) is -0.761. The number of aromatic hydroxyl groups is 1. The fraction of sp³-hybridized carbons (Fsp3) is 0.400. The molecule has 0 saturated carbocycles. The first-order valence-electron chi connectivity index (χ1n) is 4.05. The van der Waals surface area contributed by atoms with Crippen LogP contribution in [-0.4, -0.2) is 10.2 Å². The lowest BCUT2D eigenvalue weighted by Crippen LogP contribution is -2.18. The second kappa shape index (κ2) is 3.00. The largest absolute Gasteiger partial charge is 0.507 e. The number of benzene rings is 1. The Labute approximate surface area is 76.6 Å². The zero-order valence-electron chi connectivity index (χ0n) is 7.93. The van der Waals surface area contributed by atoms with Gasteiger partial charge < -0.3 is 10.2 Å². The van der Waals surface area contributed by atoms with Crippen molar-refractivity contribution < 1.29 is 14.6 Å². The van der Waals surface area contributed by atoms with Gasteiger partial charge in [-0.1, -0.05) is 6.07 Å². The molecule has 2 nitrogen and oxygen atoms in total. The fourth-order valence-corrected chi connectivity index (χ4v) is 1.25. The Bertz CT molecular complexity index is 326. The van der Waals surface area contributed by atoms with Gasteiger partial charge in [0.25, 0.3) is 0 Å². The van der Waals surface area contributed by atoms with Crippen molar-refractivity contribution in [2.24, 2.45) is 0 Å². The molecule has 0 aliphatic heterocycles. The van der Waals surface area contributed by atoms with Crippen LogP contribution >= 0.6 is 0 Å². The van der Waals surface area contributed by atoms with E-state index in [0.29, 0.717) is 5.56 Å². The predicted octanol–water partition coefficient (Wildman–Crippen LogP) is 2.07. The molecule has 2 N–H and O–H groups in total. The number of aryl methyl sites for hydroxylation is 1. The van der Waals surface area contributed by atoms with E-state index >= 15 is 0 Å². The van der Waals surface area contributed by atoms with Crippen molar-refractivity contribution in [3.05, 3.63) is 29.1 Å². The van der Waals surface area contributed by atoms with Crippen LogP contribution in [0.4, 0.5) is 4.39 Å². The average Bonchev–Trinajstić information content (AvgIpc) is 1.95. The summed E-state index contributed by atoms with van der Waals surface area (Å²) in [6.45, 7) is 4.46. The molecule has 0 fully saturated rings. The lowest BCUT2D eigenvalue weighted by molar-refractivity contribution is 0.0715. The summed E-state index contributed by atoms with van der Waals surface area (Å²) in [5, 5.41) is 18.9. The lowest BCUT2D eigenvalue weighted by atomic mass is 9.95. The van der Waals surface area contributed by atoms with Gasteiger partial charge >= 0.3 is 0 Å². The Hall–Kier alpha value is -1.09. The molecule has 0 aliphatic carbocycles. The molecular formula is C10H13FO2. The number of hydrogen-bond acceptors (Lipinski definition) is 2. The number of phenols is 1. The van der Waals surface area contributed by atoms with Gasteiger partial charge in [-0.25, -0.2) is 4.39 Å². The topological polar surface area (TPSA) is 40.5 Å². The van der Waals surface area contributed by atoms with Crippen LogP contribution in [0.15, 0.2) is 12.1 Å². The molecule has 1 rings (SSSR count). The Kier molecular flexibility index (Phi) is 2.30. The number of aliphatic hydroxyl groups is 1. The smallest absolute Gasteiger partial charge is 0.135 e. The zero-order chi connectivity index (χ0) is 10.2. The molecule has 1 aromatic carbocycles. The molecule has 0 radical (unpaired) electrons. The maximum atomic E-state index is 13.4. The van der Waals surface area contributed by atoms with E-state index in [1.54, 1.807) is 6.92 Å². The van der Waals surface area contributed by atoms with Gasteiger partial charge in [0.15, 0.2) is 0 Å². The SMILES string of the molecule is Cc1ccc(O)c(C(C)(C)O)c1F. The first kappa shape index (κ1) is 9.99. The van der Waals surface area contributed by atoms with Crippen molar-refractivity contribution in [2.45, 2.75) is 26.4 Å². The van der Waals surface area contributed by atoms with E-state index in [4.69, 9.17) is 0 Å². The molecule has 0 bridgehead atoms. The summed E-state index contributed by atoms with van der Waals surface area (Å²) in [4.78, 5) is 0. The Morgan fingerprint density at radius 2 is 1.85 bits per heavy atom. The van der Waals surface area contributed by atoms with Crippen molar-refractivity contribution in [1.29, 1.82) is 0 Å². The molecule has 13 heavy (non-hydrogen) atoms. The molecule has 0 atom stereocenters. The highest BCUT2D eigenvalue weighted by atomic mass is 19.1. The Morgan fingerprint density at radius 3 is 2.23 bits per heavy atom. The van der Waals surface area contributed by atoms with Crippen LogP contribution in [0.3, 0.4) is 0 Å². The van der Waals surface area contributed by atoms with E-state index in [9.17, 15) is 14.6 Å². The normalized spacial score (nSPS) is 11.8. The zero-order valence-corrected chi connectivity index (χ0v) is 7.93. The van der Waals surface area contributed by atoms with Crippen molar-refractivity contribution in [1.82, 2.24) is 0 Å². The van der Waals surface area contributed by atoms with Gasteiger partial charge in [0.2, 0.25) is 0 Å². The summed E-state index contributed by atoms with van der Waals surface area (Å²) in [7, 11) is 0. The number of rotatable bonds is 1. The van der Waals surface area contributed by atoms with E-state index in [1.807, 2.05) is 0 Å². The molecule has 0 heterocycles. The van der Waals surface area contributed by atoms with Crippen molar-refractivity contribution >= 4 is 0 Å². The summed E-state index contributed by atoms with van der Waals surface area (Å²) >= 11 is 0. The van der Waals surface area contributed by atoms with E-state index in [1.165, 1.54) is 26.0 Å². The van der Waals surface area contributed by atoms with Gasteiger partial charge in [0.05, 0.1) is 11.2 Å². The fourth-order valence-electron chi connectivity index (χ4n) is 1.25. The second-order valence-corrected chi connectivity index (χ2v) is 3.65.